The predicted molar refractivity (Wildman–Crippen MR) is 91.4 cm³/mol. The summed E-state index contributed by atoms with van der Waals surface area (Å²) in [7, 11) is -2.22. The van der Waals surface area contributed by atoms with Gasteiger partial charge in [0.25, 0.3) is 0 Å². The van der Waals surface area contributed by atoms with Gasteiger partial charge < -0.3 is 4.90 Å². The highest BCUT2D eigenvalue weighted by Gasteiger charge is 2.33. The Kier molecular flexibility index (Phi) is 5.61. The van der Waals surface area contributed by atoms with Crippen LogP contribution in [0.15, 0.2) is 17.0 Å². The molecule has 0 aliphatic carbocycles. The van der Waals surface area contributed by atoms with Crippen molar-refractivity contribution < 1.29 is 13.2 Å². The second kappa shape index (κ2) is 6.97. The van der Waals surface area contributed by atoms with Crippen molar-refractivity contribution >= 4 is 39.1 Å². The Balaban J connectivity index is 2.20. The van der Waals surface area contributed by atoms with Gasteiger partial charge in [0, 0.05) is 38.1 Å². The topological polar surface area (TPSA) is 57.7 Å². The highest BCUT2D eigenvalue weighted by molar-refractivity contribution is 7.89. The molecule has 1 saturated heterocycles. The van der Waals surface area contributed by atoms with Gasteiger partial charge in [-0.15, -0.1) is 0 Å². The van der Waals surface area contributed by atoms with E-state index in [1.807, 2.05) is 6.92 Å². The van der Waals surface area contributed by atoms with Gasteiger partial charge in [-0.05, 0) is 37.5 Å². The number of carbonyl (C=O) groups is 1. The zero-order chi connectivity index (χ0) is 17.4. The number of benzene rings is 1. The molecule has 0 N–H and O–H groups in total. The molecule has 1 amide bonds. The zero-order valence-electron chi connectivity index (χ0n) is 13.3. The molecule has 1 aromatic carbocycles. The molecule has 23 heavy (non-hydrogen) atoms. The Morgan fingerprint density at radius 1 is 1.35 bits per heavy atom. The van der Waals surface area contributed by atoms with Crippen LogP contribution in [-0.4, -0.2) is 50.2 Å². The summed E-state index contributed by atoms with van der Waals surface area (Å²) in [5.41, 5.74) is 0.538. The van der Waals surface area contributed by atoms with Crippen LogP contribution in [-0.2, 0) is 14.8 Å². The summed E-state index contributed by atoms with van der Waals surface area (Å²) in [6.07, 6.45) is 0.376. The fourth-order valence-electron chi connectivity index (χ4n) is 2.75. The van der Waals surface area contributed by atoms with Gasteiger partial charge in [0.05, 0.1) is 5.02 Å². The molecule has 1 heterocycles. The van der Waals surface area contributed by atoms with Crippen LogP contribution in [0.25, 0.3) is 0 Å². The molecule has 1 atom stereocenters. The first kappa shape index (κ1) is 18.5. The van der Waals surface area contributed by atoms with Gasteiger partial charge in [-0.3, -0.25) is 4.79 Å². The molecule has 0 radical (unpaired) electrons. The molecule has 1 aliphatic rings. The van der Waals surface area contributed by atoms with E-state index in [0.717, 1.165) is 0 Å². The molecule has 5 nitrogen and oxygen atoms in total. The average molecular weight is 379 g/mol. The van der Waals surface area contributed by atoms with E-state index in [9.17, 15) is 13.2 Å². The molecule has 128 valence electrons. The summed E-state index contributed by atoms with van der Waals surface area (Å²) in [6.45, 7) is 5.11. The van der Waals surface area contributed by atoms with E-state index in [4.69, 9.17) is 23.2 Å². The van der Waals surface area contributed by atoms with E-state index >= 15 is 0 Å². The molecule has 0 aromatic heterocycles. The number of nitrogens with zero attached hydrogens (tertiary/aromatic N) is 2. The van der Waals surface area contributed by atoms with Crippen molar-refractivity contribution in [1.29, 1.82) is 0 Å². The van der Waals surface area contributed by atoms with E-state index in [0.29, 0.717) is 30.1 Å². The molecule has 0 saturated carbocycles. The van der Waals surface area contributed by atoms with Gasteiger partial charge in [-0.25, -0.2) is 12.7 Å². The van der Waals surface area contributed by atoms with Crippen LogP contribution in [0.5, 0.6) is 0 Å². The lowest BCUT2D eigenvalue weighted by atomic mass is 10.1. The fourth-order valence-corrected chi connectivity index (χ4v) is 4.77. The molecular weight excluding hydrogens is 359 g/mol. The summed E-state index contributed by atoms with van der Waals surface area (Å²) in [6, 6.07) is 2.95. The molecule has 1 unspecified atom stereocenters. The van der Waals surface area contributed by atoms with Crippen molar-refractivity contribution in [3.05, 3.63) is 27.7 Å². The highest BCUT2D eigenvalue weighted by Crippen LogP contribution is 2.32. The fraction of sp³-hybridized carbons (Fsp3) is 0.533. The van der Waals surface area contributed by atoms with Crippen molar-refractivity contribution in [1.82, 2.24) is 9.21 Å². The van der Waals surface area contributed by atoms with Gasteiger partial charge in [-0.2, -0.15) is 0 Å². The number of hydrogen-bond donors (Lipinski definition) is 0. The van der Waals surface area contributed by atoms with E-state index < -0.39 is 10.0 Å². The summed E-state index contributed by atoms with van der Waals surface area (Å²) in [5.74, 6) is 0.0677. The van der Waals surface area contributed by atoms with Gasteiger partial charge in [-0.1, -0.05) is 23.2 Å². The first-order chi connectivity index (χ1) is 10.7. The van der Waals surface area contributed by atoms with Crippen LogP contribution in [0.1, 0.15) is 18.9 Å². The van der Waals surface area contributed by atoms with Crippen molar-refractivity contribution in [2.45, 2.75) is 25.2 Å². The Bertz CT molecular complexity index is 722. The number of rotatable bonds is 5. The van der Waals surface area contributed by atoms with Gasteiger partial charge in [0.1, 0.15) is 4.90 Å². The van der Waals surface area contributed by atoms with Crippen molar-refractivity contribution in [3.63, 3.8) is 0 Å². The second-order valence-corrected chi connectivity index (χ2v) is 8.57. The van der Waals surface area contributed by atoms with Crippen LogP contribution in [0.3, 0.4) is 0 Å². The van der Waals surface area contributed by atoms with Crippen LogP contribution in [0.2, 0.25) is 10.0 Å². The summed E-state index contributed by atoms with van der Waals surface area (Å²) < 4.78 is 26.7. The molecule has 0 spiro atoms. The number of carbonyl (C=O) groups excluding carboxylic acids is 1. The third kappa shape index (κ3) is 3.65. The second-order valence-electron chi connectivity index (χ2n) is 5.77. The van der Waals surface area contributed by atoms with Gasteiger partial charge in [0.2, 0.25) is 15.9 Å². The Morgan fingerprint density at radius 3 is 2.57 bits per heavy atom. The molecule has 1 aliphatic heterocycles. The Hall–Kier alpha value is -0.820. The summed E-state index contributed by atoms with van der Waals surface area (Å²) in [5, 5.41) is 0.568. The number of likely N-dealkylation sites (tertiary alicyclic amines) is 1. The summed E-state index contributed by atoms with van der Waals surface area (Å²) >= 11 is 12.1. The maximum atomic E-state index is 12.7. The third-order valence-electron chi connectivity index (χ3n) is 4.16. The van der Waals surface area contributed by atoms with Crippen molar-refractivity contribution in [2.24, 2.45) is 5.92 Å². The van der Waals surface area contributed by atoms with Gasteiger partial charge in [0.15, 0.2) is 0 Å². The lowest BCUT2D eigenvalue weighted by molar-refractivity contribution is -0.127. The molecule has 0 bridgehead atoms. The van der Waals surface area contributed by atoms with E-state index in [1.165, 1.54) is 23.5 Å². The Morgan fingerprint density at radius 2 is 2.00 bits per heavy atom. The SMILES string of the molecule is CCN1CC(CN(C)S(=O)(=O)c2ccc(Cl)c(C)c2Cl)CC1=O. The predicted octanol–water partition coefficient (Wildman–Crippen LogP) is 2.79. The molecular formula is C15H20Cl2N2O3S. The number of hydrogen-bond acceptors (Lipinski definition) is 3. The molecule has 1 aromatic rings. The first-order valence-corrected chi connectivity index (χ1v) is 9.56. The standard InChI is InChI=1S/C15H20Cl2N2O3S/c1-4-19-9-11(7-14(19)20)8-18(3)23(21,22)13-6-5-12(16)10(2)15(13)17/h5-6,11H,4,7-9H2,1-3H3. The number of sulfonamides is 1. The van der Waals surface area contributed by atoms with Crippen molar-refractivity contribution in [3.8, 4) is 0 Å². The van der Waals surface area contributed by atoms with Crippen LogP contribution in [0, 0.1) is 12.8 Å². The average Bonchev–Trinajstić information content (AvgIpc) is 2.84. The smallest absolute Gasteiger partial charge is 0.244 e. The van der Waals surface area contributed by atoms with E-state index in [-0.39, 0.29) is 28.3 Å². The third-order valence-corrected chi connectivity index (χ3v) is 7.04. The van der Waals surface area contributed by atoms with Crippen LogP contribution >= 0.6 is 23.2 Å². The lowest BCUT2D eigenvalue weighted by Gasteiger charge is -2.22. The molecule has 8 heteroatoms. The number of halogens is 2. The van der Waals surface area contributed by atoms with E-state index in [2.05, 4.69) is 0 Å². The number of amides is 1. The van der Waals surface area contributed by atoms with Crippen LogP contribution in [0.4, 0.5) is 0 Å². The minimum atomic E-state index is -3.73. The molecule has 1 fully saturated rings. The molecule has 2 rings (SSSR count). The lowest BCUT2D eigenvalue weighted by Crippen LogP contribution is -2.33. The van der Waals surface area contributed by atoms with Gasteiger partial charge >= 0.3 is 0 Å². The highest BCUT2D eigenvalue weighted by atomic mass is 35.5. The quantitative estimate of drug-likeness (QED) is 0.791. The minimum Gasteiger partial charge on any atom is -0.343 e. The maximum Gasteiger partial charge on any atom is 0.244 e. The van der Waals surface area contributed by atoms with Crippen molar-refractivity contribution in [2.75, 3.05) is 26.7 Å². The summed E-state index contributed by atoms with van der Waals surface area (Å²) in [4.78, 5) is 13.6. The minimum absolute atomic E-state index is 0.00519. The maximum absolute atomic E-state index is 12.7. The Labute approximate surface area is 147 Å². The van der Waals surface area contributed by atoms with Crippen LogP contribution < -0.4 is 0 Å². The largest absolute Gasteiger partial charge is 0.343 e. The van der Waals surface area contributed by atoms with E-state index in [1.54, 1.807) is 11.8 Å². The zero-order valence-corrected chi connectivity index (χ0v) is 15.7. The normalized spacial score (nSPS) is 19.0. The monoisotopic (exact) mass is 378 g/mol. The first-order valence-electron chi connectivity index (χ1n) is 7.37.